The van der Waals surface area contributed by atoms with Gasteiger partial charge in [0, 0.05) is 165 Å². The Kier molecular flexibility index (Phi) is 27.3. The van der Waals surface area contributed by atoms with Crippen molar-refractivity contribution in [2.24, 2.45) is 0 Å². The molecule has 0 bridgehead atoms. The molecule has 14 heterocycles. The molecule has 0 amide bonds. The van der Waals surface area contributed by atoms with Crippen LogP contribution in [-0.2, 0) is 28.5 Å². The lowest BCUT2D eigenvalue weighted by atomic mass is 10.0. The van der Waals surface area contributed by atoms with E-state index in [-0.39, 0.29) is 52.3 Å². The Balaban J connectivity index is 0.000000145. The van der Waals surface area contributed by atoms with Crippen LogP contribution in [0.3, 0.4) is 0 Å². The van der Waals surface area contributed by atoms with Crippen molar-refractivity contribution in [1.29, 1.82) is 5.26 Å². The molecule has 510 valence electrons. The summed E-state index contributed by atoms with van der Waals surface area (Å²) in [6.45, 7) is 19.0. The molecule has 3 N–H and O–H groups in total. The van der Waals surface area contributed by atoms with Gasteiger partial charge >= 0.3 is 11.7 Å². The highest BCUT2D eigenvalue weighted by Crippen LogP contribution is 2.34. The summed E-state index contributed by atoms with van der Waals surface area (Å²) in [6.07, 6.45) is 19.1. The standard InChI is InChI=1S/C12H15FN2O2.C11H12FN3O.C11H10FN3.C11H11FN2O2.C10H11FN2O.C7H13NO2.C6H6FN/c13-10-2-1-5-14-11(10)15-6-3-12(4-7-15)16-8-9-17-12;1-13-11(16)4-7-15(8-5-11)10-9(12)3-2-6-14-10;12-10-2-1-5-14-11(10)15-6-3-9(8-13)4-7-15;12-9-2-1-5-13-10(9)14-6-3-8(4-7-14)11(15)16;11-9-2-1-5-12-10(9)13-6-3-8(14)4-7-13;1-3-8-4-2-7(1)9-5-6-10-7;1-5-6(7)3-2-4-8-5/h1-2,5H,3-4,6-9H2;2-3,6,16H,4-5,7-8H2;1-3,5H,4,6-7H2;1-3,5H,4,6-7H2,(H,15,16);1-2,5H,3-4,6-7H2;8H,1-6H2;2-4H,1H3. The number of aryl methyl sites for hydroxylation is 1. The Morgan fingerprint density at radius 2 is 0.875 bits per heavy atom. The van der Waals surface area contributed by atoms with Gasteiger partial charge in [0.25, 0.3) is 0 Å². The van der Waals surface area contributed by atoms with Crippen molar-refractivity contribution in [1.82, 2.24) is 35.2 Å². The first-order valence-electron chi connectivity index (χ1n) is 31.7. The molecular weight excluding hydrogens is 1250 g/mol. The van der Waals surface area contributed by atoms with Crippen LogP contribution in [-0.4, -0.2) is 174 Å². The van der Waals surface area contributed by atoms with Gasteiger partial charge in [0.15, 0.2) is 69.7 Å². The highest BCUT2D eigenvalue weighted by Gasteiger charge is 2.41. The fourth-order valence-electron chi connectivity index (χ4n) is 11.1. The zero-order valence-electron chi connectivity index (χ0n) is 53.4. The molecule has 0 atom stereocenters. The minimum atomic E-state index is -1.28. The number of halogens is 6. The van der Waals surface area contributed by atoms with Gasteiger partial charge in [-0.3, -0.25) is 14.6 Å². The molecule has 0 radical (unpaired) electrons. The van der Waals surface area contributed by atoms with Crippen LogP contribution in [0.15, 0.2) is 133 Å². The molecule has 6 fully saturated rings. The summed E-state index contributed by atoms with van der Waals surface area (Å²) in [5.41, 5.74) is 0.324. The zero-order valence-corrected chi connectivity index (χ0v) is 53.4. The molecule has 2 spiro atoms. The van der Waals surface area contributed by atoms with Crippen LogP contribution in [0.5, 0.6) is 0 Å². The van der Waals surface area contributed by atoms with Crippen molar-refractivity contribution in [3.05, 3.63) is 185 Å². The van der Waals surface area contributed by atoms with Crippen LogP contribution < -0.4 is 29.8 Å². The van der Waals surface area contributed by atoms with Crippen molar-refractivity contribution in [3.63, 3.8) is 0 Å². The lowest BCUT2D eigenvalue weighted by molar-refractivity contribution is -0.172. The van der Waals surface area contributed by atoms with Crippen molar-refractivity contribution in [3.8, 4) is 6.07 Å². The number of aromatic nitrogens is 6. The number of rotatable bonds is 6. The number of nitrogens with zero attached hydrogens (tertiary/aromatic N) is 13. The van der Waals surface area contributed by atoms with E-state index in [1.807, 2.05) is 20.8 Å². The van der Waals surface area contributed by atoms with Gasteiger partial charge in [-0.25, -0.2) is 62.6 Å². The number of carboxylic acids is 1. The Hall–Kier alpha value is -9.16. The van der Waals surface area contributed by atoms with Gasteiger partial charge in [0.2, 0.25) is 0 Å². The average Bonchev–Trinajstić information content (AvgIpc) is 1.58. The second-order valence-electron chi connectivity index (χ2n) is 22.9. The molecule has 28 heteroatoms. The number of ketones is 1. The van der Waals surface area contributed by atoms with Crippen LogP contribution in [0.4, 0.5) is 55.4 Å². The van der Waals surface area contributed by atoms with E-state index in [1.54, 1.807) is 71.9 Å². The van der Waals surface area contributed by atoms with E-state index in [0.717, 1.165) is 57.6 Å². The number of hydrogen-bond acceptors (Lipinski definition) is 20. The van der Waals surface area contributed by atoms with E-state index >= 15 is 0 Å². The first-order valence-corrected chi connectivity index (χ1v) is 31.7. The molecule has 8 aliphatic rings. The maximum absolute atomic E-state index is 13.6. The van der Waals surface area contributed by atoms with E-state index in [1.165, 1.54) is 60.9 Å². The van der Waals surface area contributed by atoms with Crippen molar-refractivity contribution >= 4 is 40.8 Å². The zero-order chi connectivity index (χ0) is 68.3. The molecule has 0 saturated carbocycles. The molecular formula is C68H78F6N14O8. The summed E-state index contributed by atoms with van der Waals surface area (Å²) >= 11 is 0. The molecule has 14 rings (SSSR count). The Morgan fingerprint density at radius 3 is 1.21 bits per heavy atom. The number of carbonyl (C=O) groups is 2. The molecule has 0 aromatic carbocycles. The number of carboxylic acid groups (broad SMARTS) is 1. The topological polar surface area (TPSA) is 245 Å². The highest BCUT2D eigenvalue weighted by molar-refractivity contribution is 5.87. The predicted molar refractivity (Wildman–Crippen MR) is 345 cm³/mol. The SMILES string of the molecule is C1CC2(CCN1)OCCO2.Cc1ncccc1F.Fc1cccnc1N1CCC2(CC1)OCCO2.N#CC1=CCN(c2ncccc2F)CC1.O=C(O)C1=CCN(c2ncccc2F)CC1.O=C1CCN(c2ncccc2F)CC1.[C-]#[N+]C1(O)CCN(c2ncccc2F)CC1. The van der Waals surface area contributed by atoms with Crippen LogP contribution in [0, 0.1) is 59.7 Å². The first-order chi connectivity index (χ1) is 46.4. The molecule has 8 aliphatic heterocycles. The quantitative estimate of drug-likeness (QED) is 0.104. The van der Waals surface area contributed by atoms with E-state index in [2.05, 4.69) is 46.1 Å². The van der Waals surface area contributed by atoms with E-state index in [4.69, 9.17) is 35.9 Å². The Morgan fingerprint density at radius 1 is 0.521 bits per heavy atom. The monoisotopic (exact) mass is 1330 g/mol. The largest absolute Gasteiger partial charge is 0.478 e. The summed E-state index contributed by atoms with van der Waals surface area (Å²) in [4.78, 5) is 57.6. The lowest BCUT2D eigenvalue weighted by Crippen LogP contribution is -2.45. The fraction of sp³-hybridized carbons (Fsp3) is 0.441. The van der Waals surface area contributed by atoms with Crippen molar-refractivity contribution in [2.45, 2.75) is 88.4 Å². The van der Waals surface area contributed by atoms with Gasteiger partial charge in [0.1, 0.15) is 11.6 Å². The van der Waals surface area contributed by atoms with Gasteiger partial charge in [-0.1, -0.05) is 12.2 Å². The summed E-state index contributed by atoms with van der Waals surface area (Å²) in [6, 6.07) is 19.8. The normalized spacial score (nSPS) is 18.9. The maximum Gasteiger partial charge on any atom is 0.338 e. The first kappa shape index (κ1) is 72.7. The van der Waals surface area contributed by atoms with Gasteiger partial charge in [-0.05, 0) is 92.6 Å². The third-order valence-corrected chi connectivity index (χ3v) is 16.6. The minimum absolute atomic E-state index is 0.189. The molecule has 22 nitrogen and oxygen atoms in total. The number of Topliss-reactive ketones (excluding diaryl/α,β-unsaturated/α-hetero) is 1. The highest BCUT2D eigenvalue weighted by atomic mass is 19.1. The maximum atomic E-state index is 13.6. The molecule has 96 heavy (non-hydrogen) atoms. The van der Waals surface area contributed by atoms with Crippen LogP contribution in [0.25, 0.3) is 4.85 Å². The summed E-state index contributed by atoms with van der Waals surface area (Å²) in [5, 5.41) is 30.4. The van der Waals surface area contributed by atoms with Crippen molar-refractivity contribution < 1.29 is 65.1 Å². The van der Waals surface area contributed by atoms with Crippen LogP contribution in [0.2, 0.25) is 0 Å². The second-order valence-corrected chi connectivity index (χ2v) is 22.9. The summed E-state index contributed by atoms with van der Waals surface area (Å²) in [5.74, 6) is -1.40. The fourth-order valence-corrected chi connectivity index (χ4v) is 11.1. The molecule has 0 unspecified atom stereocenters. The third kappa shape index (κ3) is 21.2. The minimum Gasteiger partial charge on any atom is -0.478 e. The average molecular weight is 1330 g/mol. The van der Waals surface area contributed by atoms with E-state index in [0.29, 0.717) is 152 Å². The number of pyridine rings is 6. The van der Waals surface area contributed by atoms with Gasteiger partial charge < -0.3 is 59.0 Å². The second kappa shape index (κ2) is 36.1. The molecule has 6 aromatic rings. The lowest BCUT2D eigenvalue weighted by Gasteiger charge is -2.38. The number of piperidine rings is 4. The predicted octanol–water partition coefficient (Wildman–Crippen LogP) is 9.35. The number of nitriles is 1. The number of aliphatic hydroxyl groups is 1. The molecule has 0 aliphatic carbocycles. The third-order valence-electron chi connectivity index (χ3n) is 16.6. The number of aliphatic carboxylic acids is 1. The van der Waals surface area contributed by atoms with Gasteiger partial charge in [-0.2, -0.15) is 5.26 Å². The molecule has 6 saturated heterocycles. The molecule has 6 aromatic heterocycles. The number of nitrogens with one attached hydrogen (secondary N) is 1. The number of carbonyl (C=O) groups excluding carboxylic acids is 1. The van der Waals surface area contributed by atoms with E-state index in [9.17, 15) is 41.0 Å². The Bertz CT molecular complexity index is 3610. The van der Waals surface area contributed by atoms with Gasteiger partial charge in [0.05, 0.1) is 51.0 Å². The van der Waals surface area contributed by atoms with Crippen LogP contribution in [0.1, 0.15) is 69.9 Å². The number of ether oxygens (including phenoxy) is 4. The smallest absolute Gasteiger partial charge is 0.338 e. The number of hydrogen-bond donors (Lipinski definition) is 3. The summed E-state index contributed by atoms with van der Waals surface area (Å²) < 4.78 is 102. The summed E-state index contributed by atoms with van der Waals surface area (Å²) in [7, 11) is 0. The van der Waals surface area contributed by atoms with Gasteiger partial charge in [-0.15, -0.1) is 0 Å². The Labute approximate surface area is 553 Å². The van der Waals surface area contributed by atoms with Crippen molar-refractivity contribution in [2.75, 3.05) is 129 Å². The van der Waals surface area contributed by atoms with E-state index < -0.39 is 17.5 Å². The number of anilines is 5. The van der Waals surface area contributed by atoms with Crippen LogP contribution >= 0.6 is 0 Å².